The normalized spacial score (nSPS) is 16.9. The van der Waals surface area contributed by atoms with E-state index < -0.39 is 17.9 Å². The summed E-state index contributed by atoms with van der Waals surface area (Å²) in [5.41, 5.74) is -0.0372. The number of aromatic carboxylic acids is 2. The van der Waals surface area contributed by atoms with Crippen molar-refractivity contribution in [3.8, 4) is 0 Å². The molecule has 4 N–H and O–H groups in total. The summed E-state index contributed by atoms with van der Waals surface area (Å²) < 4.78 is 0. The molecule has 0 radical (unpaired) electrons. The van der Waals surface area contributed by atoms with Gasteiger partial charge in [-0.2, -0.15) is 0 Å². The van der Waals surface area contributed by atoms with E-state index in [1.165, 1.54) is 18.2 Å². The van der Waals surface area contributed by atoms with Crippen LogP contribution in [0.25, 0.3) is 0 Å². The summed E-state index contributed by atoms with van der Waals surface area (Å²) in [6, 6.07) is 4.93. The van der Waals surface area contributed by atoms with Crippen LogP contribution in [0.5, 0.6) is 0 Å². The van der Waals surface area contributed by atoms with E-state index in [-0.39, 0.29) is 17.2 Å². The second-order valence-corrected chi connectivity index (χ2v) is 4.18. The molecule has 0 aromatic heterocycles. The molecule has 1 aliphatic heterocycles. The molecular formula is C13H15NO6. The van der Waals surface area contributed by atoms with E-state index in [9.17, 15) is 14.4 Å². The Morgan fingerprint density at radius 2 is 1.60 bits per heavy atom. The maximum atomic E-state index is 10.4. The molecule has 2 rings (SSSR count). The highest BCUT2D eigenvalue weighted by Gasteiger charge is 2.20. The lowest BCUT2D eigenvalue weighted by molar-refractivity contribution is -0.139. The molecule has 20 heavy (non-hydrogen) atoms. The van der Waals surface area contributed by atoms with E-state index in [0.29, 0.717) is 0 Å². The van der Waals surface area contributed by atoms with Gasteiger partial charge >= 0.3 is 17.9 Å². The first-order valence-electron chi connectivity index (χ1n) is 5.94. The number of rotatable bonds is 3. The van der Waals surface area contributed by atoms with E-state index in [1.807, 2.05) is 0 Å². The van der Waals surface area contributed by atoms with Crippen molar-refractivity contribution < 1.29 is 29.7 Å². The second kappa shape index (κ2) is 7.25. The topological polar surface area (TPSA) is 124 Å². The molecular weight excluding hydrogens is 266 g/mol. The zero-order valence-electron chi connectivity index (χ0n) is 10.6. The minimum Gasteiger partial charge on any atom is -0.480 e. The zero-order chi connectivity index (χ0) is 15.1. The van der Waals surface area contributed by atoms with Crippen molar-refractivity contribution in [3.63, 3.8) is 0 Å². The van der Waals surface area contributed by atoms with E-state index in [0.717, 1.165) is 25.5 Å². The molecule has 0 amide bonds. The van der Waals surface area contributed by atoms with Gasteiger partial charge in [-0.25, -0.2) is 9.59 Å². The van der Waals surface area contributed by atoms with Crippen LogP contribution in [-0.2, 0) is 4.79 Å². The molecule has 1 atom stereocenters. The van der Waals surface area contributed by atoms with Crippen LogP contribution in [0.2, 0.25) is 0 Å². The number of hydrogen-bond donors (Lipinski definition) is 4. The van der Waals surface area contributed by atoms with Gasteiger partial charge in [-0.3, -0.25) is 4.79 Å². The highest BCUT2D eigenvalue weighted by molar-refractivity contribution is 5.93. The van der Waals surface area contributed by atoms with E-state index in [1.54, 1.807) is 0 Å². The van der Waals surface area contributed by atoms with Crippen LogP contribution in [0.3, 0.4) is 0 Å². The van der Waals surface area contributed by atoms with Crippen molar-refractivity contribution in [2.24, 2.45) is 0 Å². The molecule has 7 heteroatoms. The predicted molar refractivity (Wildman–Crippen MR) is 69.0 cm³/mol. The number of benzene rings is 1. The Labute approximate surface area is 114 Å². The van der Waals surface area contributed by atoms with Crippen molar-refractivity contribution >= 4 is 17.9 Å². The molecule has 1 heterocycles. The van der Waals surface area contributed by atoms with Crippen molar-refractivity contribution in [1.29, 1.82) is 0 Å². The molecule has 1 aromatic rings. The molecule has 1 aliphatic rings. The van der Waals surface area contributed by atoms with E-state index in [2.05, 4.69) is 5.32 Å². The second-order valence-electron chi connectivity index (χ2n) is 4.18. The third-order valence-electron chi connectivity index (χ3n) is 2.71. The summed E-state index contributed by atoms with van der Waals surface area (Å²) in [4.78, 5) is 30.9. The molecule has 0 spiro atoms. The summed E-state index contributed by atoms with van der Waals surface area (Å²) in [6.07, 6.45) is 1.78. The molecule has 1 saturated heterocycles. The van der Waals surface area contributed by atoms with Crippen LogP contribution in [0, 0.1) is 0 Å². The number of carbonyl (C=O) groups is 3. The number of nitrogens with one attached hydrogen (secondary N) is 1. The highest BCUT2D eigenvalue weighted by atomic mass is 16.4. The van der Waals surface area contributed by atoms with Gasteiger partial charge in [0, 0.05) is 0 Å². The maximum absolute atomic E-state index is 10.4. The van der Waals surface area contributed by atoms with Crippen molar-refractivity contribution in [3.05, 3.63) is 35.4 Å². The van der Waals surface area contributed by atoms with Gasteiger partial charge in [0.15, 0.2) is 0 Å². The van der Waals surface area contributed by atoms with Gasteiger partial charge < -0.3 is 20.6 Å². The minimum atomic E-state index is -1.13. The first kappa shape index (κ1) is 15.6. The van der Waals surface area contributed by atoms with Crippen LogP contribution in [0.4, 0.5) is 0 Å². The highest BCUT2D eigenvalue weighted by Crippen LogP contribution is 2.05. The fourth-order valence-corrected chi connectivity index (χ4v) is 1.68. The Morgan fingerprint density at radius 3 is 1.90 bits per heavy atom. The van der Waals surface area contributed by atoms with Gasteiger partial charge in [0.2, 0.25) is 0 Å². The Hall–Kier alpha value is -2.41. The van der Waals surface area contributed by atoms with E-state index in [4.69, 9.17) is 15.3 Å². The standard InChI is InChI=1S/C8H6O4.C5H9NO2/c9-7(10)5-2-1-3-6(4-5)8(11)12;7-5(8)4-2-1-3-6-4/h1-4H,(H,9,10)(H,11,12);4,6H,1-3H2,(H,7,8)/t;4-/m.0/s1. The average molecular weight is 281 g/mol. The third-order valence-corrected chi connectivity index (χ3v) is 2.71. The molecule has 1 aromatic carbocycles. The fourth-order valence-electron chi connectivity index (χ4n) is 1.68. The van der Waals surface area contributed by atoms with Gasteiger partial charge in [0.05, 0.1) is 11.1 Å². The quantitative estimate of drug-likeness (QED) is 0.649. The van der Waals surface area contributed by atoms with Gasteiger partial charge in [-0.15, -0.1) is 0 Å². The van der Waals surface area contributed by atoms with Crippen LogP contribution in [0.15, 0.2) is 24.3 Å². The largest absolute Gasteiger partial charge is 0.480 e. The maximum Gasteiger partial charge on any atom is 0.335 e. The Kier molecular flexibility index (Phi) is 5.67. The Bertz CT molecular complexity index is 478. The Morgan fingerprint density at radius 1 is 1.05 bits per heavy atom. The molecule has 0 bridgehead atoms. The lowest BCUT2D eigenvalue weighted by Gasteiger charge is -1.99. The van der Waals surface area contributed by atoms with E-state index >= 15 is 0 Å². The summed E-state index contributed by atoms with van der Waals surface area (Å²) in [6.45, 7) is 0.858. The minimum absolute atomic E-state index is 0.0186. The monoisotopic (exact) mass is 281 g/mol. The molecule has 0 unspecified atom stereocenters. The van der Waals surface area contributed by atoms with Crippen LogP contribution in [0.1, 0.15) is 33.6 Å². The van der Waals surface area contributed by atoms with Crippen molar-refractivity contribution in [2.45, 2.75) is 18.9 Å². The molecule has 0 aliphatic carbocycles. The first-order valence-corrected chi connectivity index (χ1v) is 5.94. The number of hydrogen-bond acceptors (Lipinski definition) is 4. The SMILES string of the molecule is O=C(O)[C@@H]1CCCN1.O=C(O)c1cccc(C(=O)O)c1. The van der Waals surface area contributed by atoms with Gasteiger partial charge in [0.1, 0.15) is 6.04 Å². The first-order chi connectivity index (χ1) is 9.41. The number of aliphatic carboxylic acids is 1. The molecule has 108 valence electrons. The number of carboxylic acids is 3. The van der Waals surface area contributed by atoms with Gasteiger partial charge in [-0.1, -0.05) is 6.07 Å². The smallest absolute Gasteiger partial charge is 0.335 e. The van der Waals surface area contributed by atoms with Crippen molar-refractivity contribution in [1.82, 2.24) is 5.32 Å². The molecule has 1 fully saturated rings. The molecule has 0 saturated carbocycles. The zero-order valence-corrected chi connectivity index (χ0v) is 10.6. The summed E-state index contributed by atoms with van der Waals surface area (Å²) in [5, 5.41) is 28.2. The average Bonchev–Trinajstić information content (AvgIpc) is 2.93. The lowest BCUT2D eigenvalue weighted by Crippen LogP contribution is -2.29. The van der Waals surface area contributed by atoms with Crippen molar-refractivity contribution in [2.75, 3.05) is 6.54 Å². The van der Waals surface area contributed by atoms with Crippen LogP contribution < -0.4 is 5.32 Å². The summed E-state index contributed by atoms with van der Waals surface area (Å²) >= 11 is 0. The lowest BCUT2D eigenvalue weighted by atomic mass is 10.1. The summed E-state index contributed by atoms with van der Waals surface area (Å²) in [7, 11) is 0. The third kappa shape index (κ3) is 4.69. The summed E-state index contributed by atoms with van der Waals surface area (Å²) in [5.74, 6) is -2.97. The number of carboxylic acid groups (broad SMARTS) is 3. The fraction of sp³-hybridized carbons (Fsp3) is 0.308. The van der Waals surface area contributed by atoms with Crippen LogP contribution >= 0.6 is 0 Å². The Balaban J connectivity index is 0.000000217. The van der Waals surface area contributed by atoms with Crippen LogP contribution in [-0.4, -0.2) is 45.8 Å². The molecule has 7 nitrogen and oxygen atoms in total. The predicted octanol–water partition coefficient (Wildman–Crippen LogP) is 0.906. The van der Waals surface area contributed by atoms with Gasteiger partial charge in [0.25, 0.3) is 0 Å². The van der Waals surface area contributed by atoms with Gasteiger partial charge in [-0.05, 0) is 37.6 Å².